The van der Waals surface area contributed by atoms with Gasteiger partial charge >= 0.3 is 0 Å². The molecule has 112 valence electrons. The average molecular weight is 308 g/mol. The molecule has 0 bridgehead atoms. The third-order valence-corrected chi connectivity index (χ3v) is 4.44. The summed E-state index contributed by atoms with van der Waals surface area (Å²) >= 11 is 5.84. The van der Waals surface area contributed by atoms with Crippen LogP contribution in [0.4, 0.5) is 10.1 Å². The molecule has 21 heavy (non-hydrogen) atoms. The van der Waals surface area contributed by atoms with Crippen molar-refractivity contribution in [1.29, 1.82) is 0 Å². The van der Waals surface area contributed by atoms with Crippen molar-refractivity contribution in [2.75, 3.05) is 5.73 Å². The molecule has 3 nitrogen and oxygen atoms in total. The number of aromatic nitrogens is 2. The Kier molecular flexibility index (Phi) is 4.15. The molecule has 0 amide bonds. The van der Waals surface area contributed by atoms with Crippen LogP contribution in [0, 0.1) is 5.82 Å². The Morgan fingerprint density at radius 3 is 2.57 bits per heavy atom. The first kappa shape index (κ1) is 14.4. The summed E-state index contributed by atoms with van der Waals surface area (Å²) in [5.74, 6) is -0.429. The van der Waals surface area contributed by atoms with Crippen molar-refractivity contribution in [3.63, 3.8) is 0 Å². The van der Waals surface area contributed by atoms with E-state index in [1.807, 2.05) is 10.9 Å². The Bertz CT molecular complexity index is 630. The van der Waals surface area contributed by atoms with E-state index in [1.165, 1.54) is 31.7 Å². The highest BCUT2D eigenvalue weighted by Gasteiger charge is 2.18. The van der Waals surface area contributed by atoms with E-state index in [4.69, 9.17) is 17.3 Å². The van der Waals surface area contributed by atoms with E-state index in [9.17, 15) is 4.39 Å². The summed E-state index contributed by atoms with van der Waals surface area (Å²) in [6, 6.07) is 5.01. The Balaban J connectivity index is 1.91. The molecule has 0 aliphatic heterocycles. The topological polar surface area (TPSA) is 43.8 Å². The van der Waals surface area contributed by atoms with Crippen LogP contribution in [0.2, 0.25) is 5.02 Å². The number of rotatable bonds is 2. The maximum absolute atomic E-state index is 13.3. The summed E-state index contributed by atoms with van der Waals surface area (Å²) < 4.78 is 15.2. The second-order valence-electron chi connectivity index (χ2n) is 5.69. The number of hydrogen-bond acceptors (Lipinski definition) is 2. The molecular weight excluding hydrogens is 289 g/mol. The normalized spacial score (nSPS) is 16.9. The number of nitrogens with zero attached hydrogens (tertiary/aromatic N) is 2. The molecule has 1 saturated carbocycles. The van der Waals surface area contributed by atoms with Crippen molar-refractivity contribution in [2.45, 2.75) is 44.6 Å². The zero-order valence-corrected chi connectivity index (χ0v) is 12.6. The van der Waals surface area contributed by atoms with Gasteiger partial charge in [-0.2, -0.15) is 5.10 Å². The number of anilines is 1. The molecule has 1 heterocycles. The van der Waals surface area contributed by atoms with Crippen LogP contribution in [-0.4, -0.2) is 9.78 Å². The minimum Gasteiger partial charge on any atom is -0.396 e. The maximum Gasteiger partial charge on any atom is 0.141 e. The van der Waals surface area contributed by atoms with Gasteiger partial charge in [0.25, 0.3) is 0 Å². The lowest BCUT2D eigenvalue weighted by molar-refractivity contribution is 0.406. The molecule has 2 aromatic rings. The molecule has 0 saturated heterocycles. The second kappa shape index (κ2) is 6.06. The monoisotopic (exact) mass is 307 g/mol. The molecule has 3 rings (SSSR count). The van der Waals surface area contributed by atoms with Gasteiger partial charge in [-0.15, -0.1) is 0 Å². The summed E-state index contributed by atoms with van der Waals surface area (Å²) in [7, 11) is 0. The number of nitrogens with two attached hydrogens (primary N) is 1. The molecule has 0 atom stereocenters. The van der Waals surface area contributed by atoms with Gasteiger partial charge in [0, 0.05) is 11.8 Å². The summed E-state index contributed by atoms with van der Waals surface area (Å²) in [5, 5.41) is 4.72. The van der Waals surface area contributed by atoms with Crippen LogP contribution >= 0.6 is 11.6 Å². The van der Waals surface area contributed by atoms with E-state index < -0.39 is 5.82 Å². The van der Waals surface area contributed by atoms with Crippen molar-refractivity contribution in [3.8, 4) is 11.3 Å². The number of benzene rings is 1. The van der Waals surface area contributed by atoms with Crippen molar-refractivity contribution in [3.05, 3.63) is 35.2 Å². The molecule has 1 aliphatic carbocycles. The van der Waals surface area contributed by atoms with Crippen molar-refractivity contribution in [1.82, 2.24) is 9.78 Å². The Labute approximate surface area is 128 Å². The third kappa shape index (κ3) is 3.05. The SMILES string of the molecule is Nc1cn(C2CCCCCC2)nc1-c1ccc(F)c(Cl)c1. The highest BCUT2D eigenvalue weighted by atomic mass is 35.5. The van der Waals surface area contributed by atoms with Gasteiger partial charge in [-0.05, 0) is 31.0 Å². The van der Waals surface area contributed by atoms with E-state index in [2.05, 4.69) is 5.10 Å². The van der Waals surface area contributed by atoms with E-state index in [0.717, 1.165) is 18.4 Å². The number of halogens is 2. The van der Waals surface area contributed by atoms with Crippen LogP contribution in [0.1, 0.15) is 44.6 Å². The summed E-state index contributed by atoms with van der Waals surface area (Å²) in [4.78, 5) is 0. The first-order valence-electron chi connectivity index (χ1n) is 7.45. The standard InChI is InChI=1S/C16H19ClFN3/c17-13-9-11(7-8-14(13)18)16-15(19)10-21(20-16)12-5-3-1-2-4-6-12/h7-10,12H,1-6,19H2. The van der Waals surface area contributed by atoms with Gasteiger partial charge in [0.2, 0.25) is 0 Å². The van der Waals surface area contributed by atoms with Crippen LogP contribution in [0.15, 0.2) is 24.4 Å². The highest BCUT2D eigenvalue weighted by Crippen LogP contribution is 2.32. The van der Waals surface area contributed by atoms with Crippen LogP contribution in [0.3, 0.4) is 0 Å². The van der Waals surface area contributed by atoms with Gasteiger partial charge in [-0.3, -0.25) is 4.68 Å². The lowest BCUT2D eigenvalue weighted by atomic mass is 10.1. The first-order valence-corrected chi connectivity index (χ1v) is 7.83. The molecule has 1 aromatic heterocycles. The van der Waals surface area contributed by atoms with Gasteiger partial charge < -0.3 is 5.73 Å². The quantitative estimate of drug-likeness (QED) is 0.808. The largest absolute Gasteiger partial charge is 0.396 e. The minimum atomic E-state index is -0.429. The average Bonchev–Trinajstić information content (AvgIpc) is 2.69. The number of nitrogen functional groups attached to an aromatic ring is 1. The Hall–Kier alpha value is -1.55. The lowest BCUT2D eigenvalue weighted by Gasteiger charge is -2.14. The number of hydrogen-bond donors (Lipinski definition) is 1. The van der Waals surface area contributed by atoms with Crippen molar-refractivity contribution in [2.24, 2.45) is 0 Å². The molecular formula is C16H19ClFN3. The van der Waals surface area contributed by atoms with Crippen LogP contribution in [0.5, 0.6) is 0 Å². The maximum atomic E-state index is 13.3. The van der Waals surface area contributed by atoms with Crippen molar-refractivity contribution < 1.29 is 4.39 Å². The predicted molar refractivity (Wildman–Crippen MR) is 83.8 cm³/mol. The van der Waals surface area contributed by atoms with E-state index in [1.54, 1.807) is 12.1 Å². The molecule has 1 fully saturated rings. The zero-order chi connectivity index (χ0) is 14.8. The fraction of sp³-hybridized carbons (Fsp3) is 0.438. The molecule has 0 spiro atoms. The van der Waals surface area contributed by atoms with E-state index in [0.29, 0.717) is 17.4 Å². The Morgan fingerprint density at radius 2 is 1.90 bits per heavy atom. The summed E-state index contributed by atoms with van der Waals surface area (Å²) in [6.07, 6.45) is 9.25. The zero-order valence-electron chi connectivity index (χ0n) is 11.9. The highest BCUT2D eigenvalue weighted by molar-refractivity contribution is 6.31. The van der Waals surface area contributed by atoms with Gasteiger partial charge in [-0.25, -0.2) is 4.39 Å². The first-order chi connectivity index (χ1) is 10.1. The van der Waals surface area contributed by atoms with Gasteiger partial charge in [0.1, 0.15) is 11.5 Å². The van der Waals surface area contributed by atoms with E-state index in [-0.39, 0.29) is 5.02 Å². The molecule has 1 aliphatic rings. The summed E-state index contributed by atoms with van der Waals surface area (Å²) in [6.45, 7) is 0. The van der Waals surface area contributed by atoms with E-state index >= 15 is 0 Å². The predicted octanol–water partition coefficient (Wildman–Crippen LogP) is 4.82. The van der Waals surface area contributed by atoms with Crippen LogP contribution in [-0.2, 0) is 0 Å². The fourth-order valence-corrected chi connectivity index (χ4v) is 3.16. The molecule has 5 heteroatoms. The van der Waals surface area contributed by atoms with Crippen LogP contribution in [0.25, 0.3) is 11.3 Å². The third-order valence-electron chi connectivity index (χ3n) is 4.15. The molecule has 0 unspecified atom stereocenters. The van der Waals surface area contributed by atoms with Crippen LogP contribution < -0.4 is 5.73 Å². The summed E-state index contributed by atoms with van der Waals surface area (Å²) in [5.41, 5.74) is 8.14. The molecule has 2 N–H and O–H groups in total. The fourth-order valence-electron chi connectivity index (χ4n) is 2.98. The second-order valence-corrected chi connectivity index (χ2v) is 6.09. The van der Waals surface area contributed by atoms with Gasteiger partial charge in [-0.1, -0.05) is 37.3 Å². The smallest absolute Gasteiger partial charge is 0.141 e. The van der Waals surface area contributed by atoms with Crippen molar-refractivity contribution >= 4 is 17.3 Å². The van der Waals surface area contributed by atoms with Gasteiger partial charge in [0.15, 0.2) is 0 Å². The Morgan fingerprint density at radius 1 is 1.19 bits per heavy atom. The molecule has 0 radical (unpaired) electrons. The molecule has 1 aromatic carbocycles. The van der Waals surface area contributed by atoms with Gasteiger partial charge in [0.05, 0.1) is 16.8 Å². The lowest BCUT2D eigenvalue weighted by Crippen LogP contribution is -2.08. The minimum absolute atomic E-state index is 0.0934.